The van der Waals surface area contributed by atoms with Crippen LogP contribution < -0.4 is 10.6 Å². The molecular formula is C14H18N4O3S. The van der Waals surface area contributed by atoms with Crippen molar-refractivity contribution in [1.29, 1.82) is 0 Å². The predicted molar refractivity (Wildman–Crippen MR) is 85.4 cm³/mol. The number of fused-ring (bicyclic) bond motifs is 1. The first-order chi connectivity index (χ1) is 10.4. The number of anilines is 1. The van der Waals surface area contributed by atoms with E-state index in [1.807, 2.05) is 20.8 Å². The van der Waals surface area contributed by atoms with Crippen molar-refractivity contribution >= 4 is 39.2 Å². The molecule has 2 heterocycles. The van der Waals surface area contributed by atoms with E-state index in [4.69, 9.17) is 5.11 Å². The summed E-state index contributed by atoms with van der Waals surface area (Å²) in [6.07, 6.45) is -0.0918. The van der Waals surface area contributed by atoms with Gasteiger partial charge in [-0.25, -0.2) is 9.97 Å². The van der Waals surface area contributed by atoms with Gasteiger partial charge in [0.05, 0.1) is 18.4 Å². The first-order valence-corrected chi connectivity index (χ1v) is 7.67. The van der Waals surface area contributed by atoms with Crippen LogP contribution in [0.15, 0.2) is 0 Å². The zero-order valence-corrected chi connectivity index (χ0v) is 13.5. The highest BCUT2D eigenvalue weighted by atomic mass is 32.1. The van der Waals surface area contributed by atoms with E-state index in [9.17, 15) is 9.59 Å². The maximum absolute atomic E-state index is 11.7. The summed E-state index contributed by atoms with van der Waals surface area (Å²) in [6, 6.07) is 0. The standard InChI is InChI=1S/C14H18N4O3S/c1-7-8(2)22-14-12(7)13(17-9(3)18-14)16-6-10(19)15-5-4-11(20)21/h4-6H2,1-3H3,(H,15,19)(H,20,21)(H,16,17,18). The summed E-state index contributed by atoms with van der Waals surface area (Å²) in [4.78, 5) is 33.0. The van der Waals surface area contributed by atoms with E-state index >= 15 is 0 Å². The Kier molecular flexibility index (Phi) is 4.92. The van der Waals surface area contributed by atoms with Crippen molar-refractivity contribution in [2.45, 2.75) is 27.2 Å². The minimum Gasteiger partial charge on any atom is -0.481 e. The Morgan fingerprint density at radius 1 is 1.23 bits per heavy atom. The molecule has 0 aliphatic rings. The van der Waals surface area contributed by atoms with Gasteiger partial charge in [-0.1, -0.05) is 0 Å². The van der Waals surface area contributed by atoms with E-state index in [-0.39, 0.29) is 25.4 Å². The lowest BCUT2D eigenvalue weighted by Crippen LogP contribution is -2.31. The third-order valence-electron chi connectivity index (χ3n) is 3.22. The minimum atomic E-state index is -0.939. The fourth-order valence-corrected chi connectivity index (χ4v) is 3.09. The smallest absolute Gasteiger partial charge is 0.305 e. The Balaban J connectivity index is 2.08. The number of carbonyl (C=O) groups excluding carboxylic acids is 1. The molecular weight excluding hydrogens is 304 g/mol. The van der Waals surface area contributed by atoms with Crippen LogP contribution in [0.25, 0.3) is 10.2 Å². The molecule has 2 aromatic heterocycles. The van der Waals surface area contributed by atoms with Crippen LogP contribution in [-0.2, 0) is 9.59 Å². The van der Waals surface area contributed by atoms with Gasteiger partial charge in [0.25, 0.3) is 0 Å². The van der Waals surface area contributed by atoms with E-state index in [1.165, 1.54) is 4.88 Å². The number of hydrogen-bond acceptors (Lipinski definition) is 6. The van der Waals surface area contributed by atoms with Crippen molar-refractivity contribution in [3.63, 3.8) is 0 Å². The highest BCUT2D eigenvalue weighted by Crippen LogP contribution is 2.32. The van der Waals surface area contributed by atoms with Gasteiger partial charge in [0.2, 0.25) is 5.91 Å². The van der Waals surface area contributed by atoms with Crippen molar-refractivity contribution < 1.29 is 14.7 Å². The molecule has 22 heavy (non-hydrogen) atoms. The molecule has 0 fully saturated rings. The molecule has 0 saturated carbocycles. The number of hydrogen-bond donors (Lipinski definition) is 3. The van der Waals surface area contributed by atoms with E-state index in [1.54, 1.807) is 11.3 Å². The molecule has 0 aromatic carbocycles. The average Bonchev–Trinajstić information content (AvgIpc) is 2.70. The number of aryl methyl sites for hydroxylation is 3. The first kappa shape index (κ1) is 16.2. The van der Waals surface area contributed by atoms with Gasteiger partial charge in [-0.15, -0.1) is 11.3 Å². The normalized spacial score (nSPS) is 10.7. The number of nitrogens with zero attached hydrogens (tertiary/aromatic N) is 2. The van der Waals surface area contributed by atoms with Crippen LogP contribution in [0.1, 0.15) is 22.7 Å². The summed E-state index contributed by atoms with van der Waals surface area (Å²) >= 11 is 1.60. The molecule has 0 atom stereocenters. The molecule has 2 rings (SSSR count). The first-order valence-electron chi connectivity index (χ1n) is 6.85. The Hall–Kier alpha value is -2.22. The molecule has 8 heteroatoms. The van der Waals surface area contributed by atoms with Crippen LogP contribution in [0, 0.1) is 20.8 Å². The summed E-state index contributed by atoms with van der Waals surface area (Å²) in [5, 5.41) is 15.0. The largest absolute Gasteiger partial charge is 0.481 e. The van der Waals surface area contributed by atoms with Crippen LogP contribution in [0.2, 0.25) is 0 Å². The second-order valence-electron chi connectivity index (χ2n) is 4.93. The van der Waals surface area contributed by atoms with Gasteiger partial charge in [-0.05, 0) is 26.3 Å². The molecule has 1 amide bonds. The SMILES string of the molecule is Cc1nc(NCC(=O)NCCC(=O)O)c2c(C)c(C)sc2n1. The van der Waals surface area contributed by atoms with Gasteiger partial charge in [0.1, 0.15) is 16.5 Å². The van der Waals surface area contributed by atoms with E-state index < -0.39 is 5.97 Å². The fourth-order valence-electron chi connectivity index (χ4n) is 2.02. The van der Waals surface area contributed by atoms with Crippen molar-refractivity contribution in [2.75, 3.05) is 18.4 Å². The number of rotatable bonds is 6. The molecule has 0 saturated heterocycles. The second kappa shape index (κ2) is 6.69. The van der Waals surface area contributed by atoms with Crippen LogP contribution in [-0.4, -0.2) is 40.0 Å². The summed E-state index contributed by atoms with van der Waals surface area (Å²) in [5.74, 6) is 0.0707. The predicted octanol–water partition coefficient (Wildman–Crippen LogP) is 1.62. The number of thiophene rings is 1. The van der Waals surface area contributed by atoms with Gasteiger partial charge in [0, 0.05) is 11.4 Å². The van der Waals surface area contributed by atoms with Gasteiger partial charge >= 0.3 is 5.97 Å². The molecule has 0 unspecified atom stereocenters. The van der Waals surface area contributed by atoms with E-state index in [0.29, 0.717) is 11.6 Å². The average molecular weight is 322 g/mol. The highest BCUT2D eigenvalue weighted by Gasteiger charge is 2.14. The monoisotopic (exact) mass is 322 g/mol. The molecule has 0 aliphatic carbocycles. The zero-order chi connectivity index (χ0) is 16.3. The number of amides is 1. The molecule has 0 aliphatic heterocycles. The summed E-state index contributed by atoms with van der Waals surface area (Å²) < 4.78 is 0. The summed E-state index contributed by atoms with van der Waals surface area (Å²) in [7, 11) is 0. The van der Waals surface area contributed by atoms with Crippen molar-refractivity contribution in [3.8, 4) is 0 Å². The Morgan fingerprint density at radius 2 is 1.95 bits per heavy atom. The number of nitrogens with one attached hydrogen (secondary N) is 2. The van der Waals surface area contributed by atoms with E-state index in [2.05, 4.69) is 20.6 Å². The number of aromatic nitrogens is 2. The molecule has 0 spiro atoms. The van der Waals surface area contributed by atoms with Gasteiger partial charge in [-0.3, -0.25) is 9.59 Å². The molecule has 7 nitrogen and oxygen atoms in total. The molecule has 3 N–H and O–H groups in total. The Bertz CT molecular complexity index is 726. The lowest BCUT2D eigenvalue weighted by atomic mass is 10.2. The molecule has 118 valence electrons. The molecule has 2 aromatic rings. The van der Waals surface area contributed by atoms with Crippen LogP contribution in [0.5, 0.6) is 0 Å². The maximum atomic E-state index is 11.7. The van der Waals surface area contributed by atoms with Crippen molar-refractivity contribution in [2.24, 2.45) is 0 Å². The van der Waals surface area contributed by atoms with Gasteiger partial charge < -0.3 is 15.7 Å². The van der Waals surface area contributed by atoms with Crippen molar-refractivity contribution in [1.82, 2.24) is 15.3 Å². The van der Waals surface area contributed by atoms with Crippen molar-refractivity contribution in [3.05, 3.63) is 16.3 Å². The number of aliphatic carboxylic acids is 1. The molecule has 0 bridgehead atoms. The van der Waals surface area contributed by atoms with Crippen LogP contribution >= 0.6 is 11.3 Å². The Labute approximate surface area is 131 Å². The van der Waals surface area contributed by atoms with Crippen LogP contribution in [0.3, 0.4) is 0 Å². The third kappa shape index (κ3) is 3.70. The second-order valence-corrected chi connectivity index (χ2v) is 6.13. The topological polar surface area (TPSA) is 104 Å². The number of carboxylic acid groups (broad SMARTS) is 1. The quantitative estimate of drug-likeness (QED) is 0.746. The highest BCUT2D eigenvalue weighted by molar-refractivity contribution is 7.18. The van der Waals surface area contributed by atoms with E-state index in [0.717, 1.165) is 15.8 Å². The number of carboxylic acids is 1. The van der Waals surface area contributed by atoms with Crippen LogP contribution in [0.4, 0.5) is 5.82 Å². The summed E-state index contributed by atoms with van der Waals surface area (Å²) in [6.45, 7) is 6.00. The third-order valence-corrected chi connectivity index (χ3v) is 4.32. The zero-order valence-electron chi connectivity index (χ0n) is 12.7. The molecule has 0 radical (unpaired) electrons. The van der Waals surface area contributed by atoms with Gasteiger partial charge in [-0.2, -0.15) is 0 Å². The summed E-state index contributed by atoms with van der Waals surface area (Å²) in [5.41, 5.74) is 1.11. The number of carbonyl (C=O) groups is 2. The fraction of sp³-hybridized carbons (Fsp3) is 0.429. The lowest BCUT2D eigenvalue weighted by Gasteiger charge is -2.09. The minimum absolute atomic E-state index is 0.0412. The Morgan fingerprint density at radius 3 is 2.64 bits per heavy atom. The van der Waals surface area contributed by atoms with Gasteiger partial charge in [0.15, 0.2) is 0 Å². The lowest BCUT2D eigenvalue weighted by molar-refractivity contribution is -0.136. The maximum Gasteiger partial charge on any atom is 0.305 e.